The first kappa shape index (κ1) is 15.8. The lowest BCUT2D eigenvalue weighted by Gasteiger charge is -2.19. The van der Waals surface area contributed by atoms with Crippen LogP contribution in [0.15, 0.2) is 40.6 Å². The molecule has 3 nitrogen and oxygen atoms in total. The van der Waals surface area contributed by atoms with Crippen LogP contribution in [0.3, 0.4) is 0 Å². The van der Waals surface area contributed by atoms with E-state index in [4.69, 9.17) is 23.2 Å². The first-order chi connectivity index (χ1) is 9.43. The molecule has 2 rings (SSSR count). The highest BCUT2D eigenvalue weighted by molar-refractivity contribution is 7.91. The van der Waals surface area contributed by atoms with Crippen molar-refractivity contribution in [1.82, 2.24) is 4.31 Å². The van der Waals surface area contributed by atoms with Gasteiger partial charge < -0.3 is 0 Å². The van der Waals surface area contributed by atoms with Crippen molar-refractivity contribution >= 4 is 44.6 Å². The second-order valence-electron chi connectivity index (χ2n) is 4.12. The summed E-state index contributed by atoms with van der Waals surface area (Å²) in [7, 11) is -3.52. The van der Waals surface area contributed by atoms with E-state index in [0.29, 0.717) is 15.9 Å². The predicted molar refractivity (Wildman–Crippen MR) is 84.1 cm³/mol. The van der Waals surface area contributed by atoms with Gasteiger partial charge in [0.15, 0.2) is 0 Å². The standard InChI is InChI=1S/C13H13Cl2NO2S2/c1-2-16(9-10-4-3-5-11(14)8-10)20(17,18)13-7-6-12(15)19-13/h3-8H,2,9H2,1H3. The molecule has 0 saturated heterocycles. The van der Waals surface area contributed by atoms with Crippen LogP contribution in [-0.4, -0.2) is 19.3 Å². The molecule has 0 radical (unpaired) electrons. The van der Waals surface area contributed by atoms with Crippen LogP contribution in [0.4, 0.5) is 0 Å². The average molecular weight is 350 g/mol. The molecule has 2 aromatic rings. The van der Waals surface area contributed by atoms with Gasteiger partial charge in [-0.1, -0.05) is 42.3 Å². The first-order valence-corrected chi connectivity index (χ1v) is 8.94. The van der Waals surface area contributed by atoms with Gasteiger partial charge >= 0.3 is 0 Å². The van der Waals surface area contributed by atoms with E-state index in [2.05, 4.69) is 0 Å². The molecule has 0 atom stereocenters. The van der Waals surface area contributed by atoms with Gasteiger partial charge in [0.05, 0.1) is 4.34 Å². The van der Waals surface area contributed by atoms with Crippen LogP contribution >= 0.6 is 34.5 Å². The lowest BCUT2D eigenvalue weighted by Crippen LogP contribution is -2.29. The smallest absolute Gasteiger partial charge is 0.206 e. The third-order valence-electron chi connectivity index (χ3n) is 2.74. The molecule has 0 fully saturated rings. The summed E-state index contributed by atoms with van der Waals surface area (Å²) in [5.74, 6) is 0. The van der Waals surface area contributed by atoms with E-state index >= 15 is 0 Å². The Hall–Kier alpha value is -0.590. The molecular formula is C13H13Cl2NO2S2. The maximum absolute atomic E-state index is 12.5. The maximum atomic E-state index is 12.5. The van der Waals surface area contributed by atoms with Crippen molar-refractivity contribution in [2.24, 2.45) is 0 Å². The van der Waals surface area contributed by atoms with E-state index in [9.17, 15) is 8.42 Å². The van der Waals surface area contributed by atoms with Gasteiger partial charge in [0.25, 0.3) is 10.0 Å². The molecular weight excluding hydrogens is 337 g/mol. The van der Waals surface area contributed by atoms with E-state index in [1.165, 1.54) is 10.4 Å². The van der Waals surface area contributed by atoms with Crippen LogP contribution in [0.5, 0.6) is 0 Å². The Morgan fingerprint density at radius 2 is 1.95 bits per heavy atom. The summed E-state index contributed by atoms with van der Waals surface area (Å²) in [6, 6.07) is 10.3. The molecule has 108 valence electrons. The van der Waals surface area contributed by atoms with Gasteiger partial charge in [0.2, 0.25) is 0 Å². The highest BCUT2D eigenvalue weighted by Gasteiger charge is 2.24. The van der Waals surface area contributed by atoms with Gasteiger partial charge in [0.1, 0.15) is 4.21 Å². The molecule has 20 heavy (non-hydrogen) atoms. The molecule has 0 spiro atoms. The number of benzene rings is 1. The average Bonchev–Trinajstić information content (AvgIpc) is 2.83. The number of nitrogens with zero attached hydrogens (tertiary/aromatic N) is 1. The van der Waals surface area contributed by atoms with E-state index in [1.54, 1.807) is 31.2 Å². The highest BCUT2D eigenvalue weighted by Crippen LogP contribution is 2.29. The summed E-state index contributed by atoms with van der Waals surface area (Å²) in [5.41, 5.74) is 0.852. The normalized spacial score (nSPS) is 12.0. The molecule has 1 aromatic carbocycles. The van der Waals surface area contributed by atoms with Crippen LogP contribution < -0.4 is 0 Å². The number of hydrogen-bond donors (Lipinski definition) is 0. The lowest BCUT2D eigenvalue weighted by molar-refractivity contribution is 0.425. The van der Waals surface area contributed by atoms with Gasteiger partial charge in [-0.05, 0) is 29.8 Å². The number of halogens is 2. The van der Waals surface area contributed by atoms with Gasteiger partial charge in [-0.3, -0.25) is 0 Å². The summed E-state index contributed by atoms with van der Waals surface area (Å²) >= 11 is 12.8. The Morgan fingerprint density at radius 3 is 2.50 bits per heavy atom. The molecule has 0 saturated carbocycles. The van der Waals surface area contributed by atoms with E-state index in [1.807, 2.05) is 6.07 Å². The van der Waals surface area contributed by atoms with Crippen molar-refractivity contribution in [1.29, 1.82) is 0 Å². The minimum atomic E-state index is -3.52. The summed E-state index contributed by atoms with van der Waals surface area (Å²) < 4.78 is 27.1. The van der Waals surface area contributed by atoms with E-state index in [0.717, 1.165) is 16.9 Å². The summed E-state index contributed by atoms with van der Waals surface area (Å²) in [6.07, 6.45) is 0. The fourth-order valence-electron chi connectivity index (χ4n) is 1.77. The second kappa shape index (κ2) is 6.45. The first-order valence-electron chi connectivity index (χ1n) is 5.93. The molecule has 0 N–H and O–H groups in total. The number of hydrogen-bond acceptors (Lipinski definition) is 3. The van der Waals surface area contributed by atoms with Crippen molar-refractivity contribution in [3.63, 3.8) is 0 Å². The minimum absolute atomic E-state index is 0.256. The Labute approximate surface area is 132 Å². The zero-order valence-electron chi connectivity index (χ0n) is 10.7. The Kier molecular flexibility index (Phi) is 5.09. The largest absolute Gasteiger partial charge is 0.252 e. The Balaban J connectivity index is 2.28. The zero-order chi connectivity index (χ0) is 14.8. The number of thiophene rings is 1. The quantitative estimate of drug-likeness (QED) is 0.808. The van der Waals surface area contributed by atoms with E-state index in [-0.39, 0.29) is 10.8 Å². The third kappa shape index (κ3) is 3.54. The summed E-state index contributed by atoms with van der Waals surface area (Å²) in [6.45, 7) is 2.47. The Bertz CT molecular complexity index is 698. The molecule has 0 unspecified atom stereocenters. The fraction of sp³-hybridized carbons (Fsp3) is 0.231. The SMILES string of the molecule is CCN(Cc1cccc(Cl)c1)S(=O)(=O)c1ccc(Cl)s1. The maximum Gasteiger partial charge on any atom is 0.252 e. The number of sulfonamides is 1. The van der Waals surface area contributed by atoms with E-state index < -0.39 is 10.0 Å². The van der Waals surface area contributed by atoms with Crippen LogP contribution in [0.1, 0.15) is 12.5 Å². The molecule has 0 aliphatic rings. The predicted octanol–water partition coefficient (Wildman–Crippen LogP) is 4.27. The summed E-state index contributed by atoms with van der Waals surface area (Å²) in [5, 5.41) is 0.593. The van der Waals surface area contributed by atoms with Gasteiger partial charge in [-0.15, -0.1) is 11.3 Å². The second-order valence-corrected chi connectivity index (χ2v) is 8.44. The van der Waals surface area contributed by atoms with Crippen molar-refractivity contribution in [3.05, 3.63) is 51.3 Å². The van der Waals surface area contributed by atoms with Crippen LogP contribution in [-0.2, 0) is 16.6 Å². The van der Waals surface area contributed by atoms with Gasteiger partial charge in [-0.2, -0.15) is 4.31 Å². The van der Waals surface area contributed by atoms with Gasteiger partial charge in [0, 0.05) is 18.1 Å². The molecule has 0 bridgehead atoms. The lowest BCUT2D eigenvalue weighted by atomic mass is 10.2. The summed E-state index contributed by atoms with van der Waals surface area (Å²) in [4.78, 5) is 0. The van der Waals surface area contributed by atoms with Crippen molar-refractivity contribution in [3.8, 4) is 0 Å². The molecule has 1 aromatic heterocycles. The topological polar surface area (TPSA) is 37.4 Å². The molecule has 0 aliphatic heterocycles. The highest BCUT2D eigenvalue weighted by atomic mass is 35.5. The van der Waals surface area contributed by atoms with Crippen molar-refractivity contribution in [2.75, 3.05) is 6.54 Å². The fourth-order valence-corrected chi connectivity index (χ4v) is 5.06. The molecule has 1 heterocycles. The number of rotatable bonds is 5. The minimum Gasteiger partial charge on any atom is -0.206 e. The van der Waals surface area contributed by atoms with Crippen molar-refractivity contribution in [2.45, 2.75) is 17.7 Å². The molecule has 7 heteroatoms. The zero-order valence-corrected chi connectivity index (χ0v) is 13.9. The van der Waals surface area contributed by atoms with Crippen LogP contribution in [0.2, 0.25) is 9.36 Å². The Morgan fingerprint density at radius 1 is 1.20 bits per heavy atom. The molecule has 0 aliphatic carbocycles. The molecule has 0 amide bonds. The van der Waals surface area contributed by atoms with Crippen LogP contribution in [0, 0.1) is 0 Å². The van der Waals surface area contributed by atoms with Crippen molar-refractivity contribution < 1.29 is 8.42 Å². The monoisotopic (exact) mass is 349 g/mol. The van der Waals surface area contributed by atoms with Crippen LogP contribution in [0.25, 0.3) is 0 Å². The third-order valence-corrected chi connectivity index (χ3v) is 6.60. The van der Waals surface area contributed by atoms with Gasteiger partial charge in [-0.25, -0.2) is 8.42 Å².